The number of rotatable bonds is 5. The van der Waals surface area contributed by atoms with Gasteiger partial charge in [0.15, 0.2) is 0 Å². The summed E-state index contributed by atoms with van der Waals surface area (Å²) in [6.07, 6.45) is 0.823. The van der Waals surface area contributed by atoms with Crippen LogP contribution in [-0.4, -0.2) is 22.6 Å². The van der Waals surface area contributed by atoms with E-state index >= 15 is 0 Å². The van der Waals surface area contributed by atoms with Gasteiger partial charge < -0.3 is 11.1 Å². The Labute approximate surface area is 112 Å². The van der Waals surface area contributed by atoms with Crippen molar-refractivity contribution in [3.63, 3.8) is 0 Å². The van der Waals surface area contributed by atoms with Crippen molar-refractivity contribution in [2.75, 3.05) is 6.54 Å². The van der Waals surface area contributed by atoms with Crippen molar-refractivity contribution in [1.29, 1.82) is 0 Å². The van der Waals surface area contributed by atoms with Gasteiger partial charge in [-0.3, -0.25) is 9.89 Å². The molecule has 0 saturated heterocycles. The summed E-state index contributed by atoms with van der Waals surface area (Å²) in [5, 5.41) is 9.56. The van der Waals surface area contributed by atoms with Crippen LogP contribution in [0.5, 0.6) is 0 Å². The number of carbonyl (C=O) groups excluding carboxylic acids is 1. The molecule has 5 nitrogen and oxygen atoms in total. The maximum Gasteiger partial charge on any atom is 0.271 e. The summed E-state index contributed by atoms with van der Waals surface area (Å²) >= 11 is 0. The minimum atomic E-state index is -0.213. The molecule has 1 atom stereocenters. The molecule has 100 valence electrons. The maximum absolute atomic E-state index is 11.9. The van der Waals surface area contributed by atoms with Crippen LogP contribution in [0.2, 0.25) is 0 Å². The van der Waals surface area contributed by atoms with Crippen LogP contribution in [0.1, 0.15) is 34.7 Å². The van der Waals surface area contributed by atoms with Gasteiger partial charge in [0.25, 0.3) is 5.91 Å². The number of nitrogens with one attached hydrogen (secondary N) is 2. The van der Waals surface area contributed by atoms with E-state index in [-0.39, 0.29) is 11.9 Å². The molecule has 1 heterocycles. The predicted octanol–water partition coefficient (Wildman–Crippen LogP) is 1.40. The lowest BCUT2D eigenvalue weighted by Gasteiger charge is -2.12. The van der Waals surface area contributed by atoms with E-state index in [1.807, 2.05) is 37.3 Å². The van der Waals surface area contributed by atoms with Crippen LogP contribution >= 0.6 is 0 Å². The van der Waals surface area contributed by atoms with Gasteiger partial charge in [0, 0.05) is 18.3 Å². The minimum Gasteiger partial charge on any atom is -0.349 e. The second kappa shape index (κ2) is 6.15. The molecule has 19 heavy (non-hydrogen) atoms. The molecule has 0 aliphatic rings. The number of hydrogen-bond donors (Lipinski definition) is 3. The van der Waals surface area contributed by atoms with Crippen molar-refractivity contribution in [2.45, 2.75) is 19.4 Å². The summed E-state index contributed by atoms with van der Waals surface area (Å²) in [6, 6.07) is 11.2. The molecule has 4 N–H and O–H groups in total. The molecule has 1 aromatic carbocycles. The fourth-order valence-electron chi connectivity index (χ4n) is 1.77. The van der Waals surface area contributed by atoms with E-state index in [2.05, 4.69) is 15.5 Å². The van der Waals surface area contributed by atoms with Crippen LogP contribution in [0.15, 0.2) is 36.4 Å². The third-order valence-corrected chi connectivity index (χ3v) is 2.95. The Morgan fingerprint density at radius 3 is 2.79 bits per heavy atom. The minimum absolute atomic E-state index is 0.206. The van der Waals surface area contributed by atoms with Gasteiger partial charge >= 0.3 is 0 Å². The molecule has 1 aromatic heterocycles. The average Bonchev–Trinajstić information content (AvgIpc) is 2.94. The second-order valence-corrected chi connectivity index (χ2v) is 4.36. The number of carbonyl (C=O) groups is 1. The van der Waals surface area contributed by atoms with Gasteiger partial charge in [0.05, 0.1) is 0 Å². The number of aromatic nitrogens is 2. The van der Waals surface area contributed by atoms with Gasteiger partial charge in [-0.25, -0.2) is 0 Å². The molecule has 0 radical (unpaired) electrons. The van der Waals surface area contributed by atoms with E-state index < -0.39 is 0 Å². The predicted molar refractivity (Wildman–Crippen MR) is 73.7 cm³/mol. The molecule has 1 unspecified atom stereocenters. The van der Waals surface area contributed by atoms with E-state index in [4.69, 9.17) is 5.73 Å². The molecule has 1 amide bonds. The summed E-state index contributed by atoms with van der Waals surface area (Å²) in [5.41, 5.74) is 8.35. The summed E-state index contributed by atoms with van der Waals surface area (Å²) in [6.45, 7) is 2.39. The Hall–Kier alpha value is -2.14. The van der Waals surface area contributed by atoms with Gasteiger partial charge in [0.1, 0.15) is 5.69 Å². The highest BCUT2D eigenvalue weighted by Crippen LogP contribution is 2.08. The van der Waals surface area contributed by atoms with Gasteiger partial charge in [-0.05, 0) is 18.1 Å². The number of nitrogens with zero attached hydrogens (tertiary/aromatic N) is 1. The van der Waals surface area contributed by atoms with Crippen molar-refractivity contribution in [3.05, 3.63) is 53.3 Å². The Kier molecular flexibility index (Phi) is 4.30. The first kappa shape index (κ1) is 13.3. The third-order valence-electron chi connectivity index (χ3n) is 2.95. The van der Waals surface area contributed by atoms with E-state index in [0.29, 0.717) is 12.2 Å². The van der Waals surface area contributed by atoms with Crippen LogP contribution in [0.4, 0.5) is 0 Å². The standard InChI is InChI=1S/C14H18N4O/c1-2-11-8-13(18-17-11)14(19)16-9-12(15)10-6-4-3-5-7-10/h3-8,12H,2,9,15H2,1H3,(H,16,19)(H,17,18). The zero-order valence-electron chi connectivity index (χ0n) is 10.9. The molecule has 0 spiro atoms. The molecular formula is C14H18N4O. The molecule has 5 heteroatoms. The van der Waals surface area contributed by atoms with Crippen molar-refractivity contribution in [2.24, 2.45) is 5.73 Å². The zero-order valence-corrected chi connectivity index (χ0v) is 10.9. The number of hydrogen-bond acceptors (Lipinski definition) is 3. The number of nitrogens with two attached hydrogens (primary N) is 1. The van der Waals surface area contributed by atoms with E-state index in [1.54, 1.807) is 6.07 Å². The zero-order chi connectivity index (χ0) is 13.7. The summed E-state index contributed by atoms with van der Waals surface area (Å²) in [7, 11) is 0. The highest BCUT2D eigenvalue weighted by Gasteiger charge is 2.12. The van der Waals surface area contributed by atoms with E-state index in [9.17, 15) is 4.79 Å². The number of amides is 1. The van der Waals surface area contributed by atoms with Crippen LogP contribution in [0, 0.1) is 0 Å². The fourth-order valence-corrected chi connectivity index (χ4v) is 1.77. The molecule has 0 aliphatic carbocycles. The Balaban J connectivity index is 1.90. The normalized spacial score (nSPS) is 12.1. The highest BCUT2D eigenvalue weighted by molar-refractivity contribution is 5.92. The van der Waals surface area contributed by atoms with Gasteiger partial charge in [-0.1, -0.05) is 37.3 Å². The van der Waals surface area contributed by atoms with Crippen LogP contribution in [0.25, 0.3) is 0 Å². The van der Waals surface area contributed by atoms with Gasteiger partial charge in [-0.2, -0.15) is 5.10 Å². The smallest absolute Gasteiger partial charge is 0.271 e. The van der Waals surface area contributed by atoms with Crippen molar-refractivity contribution >= 4 is 5.91 Å². The van der Waals surface area contributed by atoms with Crippen LogP contribution in [-0.2, 0) is 6.42 Å². The van der Waals surface area contributed by atoms with E-state index in [1.165, 1.54) is 0 Å². The number of H-pyrrole nitrogens is 1. The topological polar surface area (TPSA) is 83.8 Å². The lowest BCUT2D eigenvalue weighted by molar-refractivity contribution is 0.0946. The molecule has 0 bridgehead atoms. The Morgan fingerprint density at radius 1 is 1.42 bits per heavy atom. The SMILES string of the molecule is CCc1cc(C(=O)NCC(N)c2ccccc2)n[nH]1. The molecule has 2 rings (SSSR count). The van der Waals surface area contributed by atoms with Crippen molar-refractivity contribution in [3.8, 4) is 0 Å². The first-order valence-electron chi connectivity index (χ1n) is 6.33. The summed E-state index contributed by atoms with van der Waals surface area (Å²) < 4.78 is 0. The maximum atomic E-state index is 11.9. The number of aryl methyl sites for hydroxylation is 1. The van der Waals surface area contributed by atoms with Crippen LogP contribution < -0.4 is 11.1 Å². The second-order valence-electron chi connectivity index (χ2n) is 4.36. The summed E-state index contributed by atoms with van der Waals surface area (Å²) in [5.74, 6) is -0.206. The third kappa shape index (κ3) is 3.42. The highest BCUT2D eigenvalue weighted by atomic mass is 16.1. The van der Waals surface area contributed by atoms with Crippen molar-refractivity contribution in [1.82, 2.24) is 15.5 Å². The number of aromatic amines is 1. The lowest BCUT2D eigenvalue weighted by atomic mass is 10.1. The van der Waals surface area contributed by atoms with E-state index in [0.717, 1.165) is 17.7 Å². The molecule has 0 saturated carbocycles. The molecule has 0 aliphatic heterocycles. The molecular weight excluding hydrogens is 240 g/mol. The Morgan fingerprint density at radius 2 is 2.16 bits per heavy atom. The van der Waals surface area contributed by atoms with Crippen molar-refractivity contribution < 1.29 is 4.79 Å². The van der Waals surface area contributed by atoms with Crippen LogP contribution in [0.3, 0.4) is 0 Å². The van der Waals surface area contributed by atoms with Gasteiger partial charge in [0.2, 0.25) is 0 Å². The quantitative estimate of drug-likeness (QED) is 0.758. The monoisotopic (exact) mass is 258 g/mol. The Bertz CT molecular complexity index is 535. The largest absolute Gasteiger partial charge is 0.349 e. The molecule has 0 fully saturated rings. The molecule has 2 aromatic rings. The summed E-state index contributed by atoms with van der Waals surface area (Å²) in [4.78, 5) is 11.9. The fraction of sp³-hybridized carbons (Fsp3) is 0.286. The average molecular weight is 258 g/mol. The first-order valence-corrected chi connectivity index (χ1v) is 6.33. The number of benzene rings is 1. The van der Waals surface area contributed by atoms with Gasteiger partial charge in [-0.15, -0.1) is 0 Å². The lowest BCUT2D eigenvalue weighted by Crippen LogP contribution is -2.32. The first-order chi connectivity index (χ1) is 9.20.